The Kier molecular flexibility index (Phi) is 5.33. The molecule has 0 fully saturated rings. The molecule has 0 atom stereocenters. The molecule has 0 aliphatic rings. The number of benzene rings is 2. The van der Waals surface area contributed by atoms with Crippen molar-refractivity contribution in [3.63, 3.8) is 0 Å². The number of carbonyl (C=O) groups excluding carboxylic acids is 2. The summed E-state index contributed by atoms with van der Waals surface area (Å²) in [6.07, 6.45) is 3.15. The summed E-state index contributed by atoms with van der Waals surface area (Å²) in [5.41, 5.74) is 1.75. The highest BCUT2D eigenvalue weighted by atomic mass is 35.5. The van der Waals surface area contributed by atoms with Crippen LogP contribution in [0.2, 0.25) is 5.02 Å². The molecule has 0 saturated heterocycles. The van der Waals surface area contributed by atoms with Gasteiger partial charge in [0.2, 0.25) is 5.91 Å². The predicted octanol–water partition coefficient (Wildman–Crippen LogP) is 3.35. The van der Waals surface area contributed by atoms with Gasteiger partial charge in [0.25, 0.3) is 5.91 Å². The predicted molar refractivity (Wildman–Crippen MR) is 88.9 cm³/mol. The van der Waals surface area contributed by atoms with Crippen LogP contribution in [0.1, 0.15) is 15.9 Å². The van der Waals surface area contributed by atoms with Gasteiger partial charge in [0.05, 0.1) is 10.6 Å². The van der Waals surface area contributed by atoms with Gasteiger partial charge in [0.1, 0.15) is 0 Å². The summed E-state index contributed by atoms with van der Waals surface area (Å²) in [4.78, 5) is 23.6. The van der Waals surface area contributed by atoms with Crippen LogP contribution in [0.15, 0.2) is 54.6 Å². The van der Waals surface area contributed by atoms with Crippen LogP contribution in [0.3, 0.4) is 0 Å². The number of hydrogen-bond donors (Lipinski definition) is 2. The summed E-state index contributed by atoms with van der Waals surface area (Å²) in [5, 5.41) is 5.52. The quantitative estimate of drug-likeness (QED) is 0.850. The van der Waals surface area contributed by atoms with Crippen molar-refractivity contribution in [2.75, 3.05) is 12.4 Å². The fourth-order valence-corrected chi connectivity index (χ4v) is 2.04. The van der Waals surface area contributed by atoms with Crippen LogP contribution in [0, 0.1) is 0 Å². The van der Waals surface area contributed by atoms with Crippen LogP contribution < -0.4 is 10.6 Å². The third-order valence-corrected chi connectivity index (χ3v) is 3.26. The molecular weight excluding hydrogens is 300 g/mol. The lowest BCUT2D eigenvalue weighted by Crippen LogP contribution is -2.18. The van der Waals surface area contributed by atoms with Crippen molar-refractivity contribution in [2.45, 2.75) is 0 Å². The molecule has 0 unspecified atom stereocenters. The molecule has 22 heavy (non-hydrogen) atoms. The average molecular weight is 315 g/mol. The molecule has 0 saturated carbocycles. The van der Waals surface area contributed by atoms with E-state index in [0.29, 0.717) is 16.3 Å². The summed E-state index contributed by atoms with van der Waals surface area (Å²) in [5.74, 6) is -0.588. The Morgan fingerprint density at radius 1 is 1.09 bits per heavy atom. The van der Waals surface area contributed by atoms with Crippen molar-refractivity contribution >= 4 is 35.2 Å². The molecule has 4 nitrogen and oxygen atoms in total. The molecule has 0 bridgehead atoms. The fourth-order valence-electron chi connectivity index (χ4n) is 1.83. The summed E-state index contributed by atoms with van der Waals surface area (Å²) < 4.78 is 0. The monoisotopic (exact) mass is 314 g/mol. The molecule has 2 N–H and O–H groups in total. The molecule has 0 aromatic heterocycles. The normalized spacial score (nSPS) is 10.5. The van der Waals surface area contributed by atoms with Gasteiger partial charge in [-0.2, -0.15) is 0 Å². The minimum Gasteiger partial charge on any atom is -0.355 e. The maximum absolute atomic E-state index is 11.9. The van der Waals surface area contributed by atoms with Crippen molar-refractivity contribution in [3.8, 4) is 0 Å². The molecule has 2 amide bonds. The highest BCUT2D eigenvalue weighted by molar-refractivity contribution is 6.34. The first-order valence-corrected chi connectivity index (χ1v) is 7.03. The first-order chi connectivity index (χ1) is 10.6. The number of rotatable bonds is 4. The highest BCUT2D eigenvalue weighted by Crippen LogP contribution is 2.20. The fraction of sp³-hybridized carbons (Fsp3) is 0.0588. The van der Waals surface area contributed by atoms with Crippen LogP contribution in [0.25, 0.3) is 6.08 Å². The van der Waals surface area contributed by atoms with E-state index in [9.17, 15) is 9.59 Å². The van der Waals surface area contributed by atoms with Gasteiger partial charge in [0.15, 0.2) is 0 Å². The summed E-state index contributed by atoms with van der Waals surface area (Å²) in [7, 11) is 1.52. The third kappa shape index (κ3) is 4.20. The Hall–Kier alpha value is -2.59. The van der Waals surface area contributed by atoms with E-state index in [1.54, 1.807) is 18.2 Å². The molecule has 0 aliphatic carbocycles. The Bertz CT molecular complexity index is 712. The van der Waals surface area contributed by atoms with Gasteiger partial charge in [-0.3, -0.25) is 9.59 Å². The van der Waals surface area contributed by atoms with E-state index in [2.05, 4.69) is 10.6 Å². The van der Waals surface area contributed by atoms with E-state index in [4.69, 9.17) is 11.6 Å². The number of amides is 2. The molecule has 0 heterocycles. The second-order valence-corrected chi connectivity index (χ2v) is 4.91. The van der Waals surface area contributed by atoms with Crippen molar-refractivity contribution in [1.82, 2.24) is 5.32 Å². The lowest BCUT2D eigenvalue weighted by atomic mass is 10.2. The molecule has 2 aromatic carbocycles. The summed E-state index contributed by atoms with van der Waals surface area (Å²) in [6, 6.07) is 14.2. The highest BCUT2D eigenvalue weighted by Gasteiger charge is 2.10. The van der Waals surface area contributed by atoms with E-state index < -0.39 is 0 Å². The van der Waals surface area contributed by atoms with Crippen molar-refractivity contribution in [3.05, 3.63) is 70.8 Å². The molecule has 5 heteroatoms. The SMILES string of the molecule is CNC(=O)c1cc(NC(=O)/C=C/c2ccccc2)ccc1Cl. The Morgan fingerprint density at radius 2 is 1.82 bits per heavy atom. The van der Waals surface area contributed by atoms with Gasteiger partial charge in [0, 0.05) is 18.8 Å². The van der Waals surface area contributed by atoms with E-state index in [1.807, 2.05) is 30.3 Å². The lowest BCUT2D eigenvalue weighted by molar-refractivity contribution is -0.111. The Labute approximate surface area is 133 Å². The van der Waals surface area contributed by atoms with Gasteiger partial charge in [-0.05, 0) is 29.8 Å². The lowest BCUT2D eigenvalue weighted by Gasteiger charge is -2.07. The van der Waals surface area contributed by atoms with E-state index in [-0.39, 0.29) is 11.8 Å². The summed E-state index contributed by atoms with van der Waals surface area (Å²) >= 11 is 5.96. The minimum atomic E-state index is -0.305. The van der Waals surface area contributed by atoms with Gasteiger partial charge < -0.3 is 10.6 Å². The van der Waals surface area contributed by atoms with Gasteiger partial charge >= 0.3 is 0 Å². The molecule has 2 rings (SSSR count). The molecule has 0 radical (unpaired) electrons. The van der Waals surface area contributed by atoms with Gasteiger partial charge in [-0.25, -0.2) is 0 Å². The standard InChI is InChI=1S/C17H15ClN2O2/c1-19-17(22)14-11-13(8-9-15(14)18)20-16(21)10-7-12-5-3-2-4-6-12/h2-11H,1H3,(H,19,22)(H,20,21)/b10-7+. The number of nitrogens with one attached hydrogen (secondary N) is 2. The smallest absolute Gasteiger partial charge is 0.252 e. The first-order valence-electron chi connectivity index (χ1n) is 6.66. The Morgan fingerprint density at radius 3 is 2.50 bits per heavy atom. The van der Waals surface area contributed by atoms with Crippen molar-refractivity contribution < 1.29 is 9.59 Å². The molecule has 0 aliphatic heterocycles. The number of carbonyl (C=O) groups is 2. The average Bonchev–Trinajstić information content (AvgIpc) is 2.55. The second-order valence-electron chi connectivity index (χ2n) is 4.51. The topological polar surface area (TPSA) is 58.2 Å². The third-order valence-electron chi connectivity index (χ3n) is 2.93. The first kappa shape index (κ1) is 15.8. The van der Waals surface area contributed by atoms with Crippen LogP contribution in [0.4, 0.5) is 5.69 Å². The zero-order valence-corrected chi connectivity index (χ0v) is 12.7. The number of hydrogen-bond acceptors (Lipinski definition) is 2. The Balaban J connectivity index is 2.09. The largest absolute Gasteiger partial charge is 0.355 e. The van der Waals surface area contributed by atoms with E-state index in [0.717, 1.165) is 5.56 Å². The van der Waals surface area contributed by atoms with E-state index >= 15 is 0 Å². The maximum atomic E-state index is 11.9. The van der Waals surface area contributed by atoms with Crippen LogP contribution in [-0.2, 0) is 4.79 Å². The van der Waals surface area contributed by atoms with Gasteiger partial charge in [-0.1, -0.05) is 41.9 Å². The van der Waals surface area contributed by atoms with Crippen LogP contribution in [0.5, 0.6) is 0 Å². The van der Waals surface area contributed by atoms with Crippen LogP contribution >= 0.6 is 11.6 Å². The van der Waals surface area contributed by atoms with Crippen molar-refractivity contribution in [1.29, 1.82) is 0 Å². The maximum Gasteiger partial charge on any atom is 0.252 e. The molecule has 0 spiro atoms. The van der Waals surface area contributed by atoms with Crippen molar-refractivity contribution in [2.24, 2.45) is 0 Å². The summed E-state index contributed by atoms with van der Waals surface area (Å²) in [6.45, 7) is 0. The van der Waals surface area contributed by atoms with E-state index in [1.165, 1.54) is 19.2 Å². The molecular formula is C17H15ClN2O2. The zero-order valence-electron chi connectivity index (χ0n) is 12.0. The molecule has 2 aromatic rings. The molecule has 112 valence electrons. The minimum absolute atomic E-state index is 0.283. The number of anilines is 1. The van der Waals surface area contributed by atoms with Crippen LogP contribution in [-0.4, -0.2) is 18.9 Å². The number of halogens is 1. The zero-order chi connectivity index (χ0) is 15.9. The second kappa shape index (κ2) is 7.43. The van der Waals surface area contributed by atoms with Gasteiger partial charge in [-0.15, -0.1) is 0 Å².